The number of methoxy groups -OCH3 is 1. The minimum atomic E-state index is 0.517. The van der Waals surface area contributed by atoms with Gasteiger partial charge in [-0.2, -0.15) is 0 Å². The van der Waals surface area contributed by atoms with Crippen molar-refractivity contribution in [2.75, 3.05) is 64.9 Å². The molecule has 0 saturated carbocycles. The van der Waals surface area contributed by atoms with Crippen molar-refractivity contribution in [3.05, 3.63) is 66.9 Å². The van der Waals surface area contributed by atoms with Gasteiger partial charge in [0.15, 0.2) is 0 Å². The molecule has 1 aliphatic rings. The van der Waals surface area contributed by atoms with Crippen LogP contribution in [0, 0.1) is 0 Å². The number of ether oxygens (including phenoxy) is 2. The van der Waals surface area contributed by atoms with Gasteiger partial charge in [0.05, 0.1) is 12.0 Å². The second kappa shape index (κ2) is 11.4. The SMILES string of the molecule is COCCOc1ccc(-c2oc3nccc(NCCN4CCNCC4)c3c2-c2ccccc2)cc1. The molecule has 0 amide bonds. The van der Waals surface area contributed by atoms with Gasteiger partial charge in [0, 0.05) is 69.4 Å². The average Bonchev–Trinajstić information content (AvgIpc) is 3.31. The summed E-state index contributed by atoms with van der Waals surface area (Å²) in [5, 5.41) is 8.07. The highest BCUT2D eigenvalue weighted by Crippen LogP contribution is 2.43. The van der Waals surface area contributed by atoms with Gasteiger partial charge < -0.3 is 24.5 Å². The first-order valence-corrected chi connectivity index (χ1v) is 12.2. The molecule has 2 aromatic carbocycles. The fraction of sp³-hybridized carbons (Fsp3) is 0.321. The zero-order valence-electron chi connectivity index (χ0n) is 20.1. The molecule has 5 rings (SSSR count). The van der Waals surface area contributed by atoms with E-state index < -0.39 is 0 Å². The molecule has 7 nitrogen and oxygen atoms in total. The Balaban J connectivity index is 1.48. The Labute approximate surface area is 206 Å². The summed E-state index contributed by atoms with van der Waals surface area (Å²) in [7, 11) is 1.67. The Hall–Kier alpha value is -3.39. The molecule has 0 spiro atoms. The van der Waals surface area contributed by atoms with E-state index in [4.69, 9.17) is 13.9 Å². The molecule has 1 saturated heterocycles. The number of hydrogen-bond donors (Lipinski definition) is 2. The lowest BCUT2D eigenvalue weighted by Crippen LogP contribution is -2.45. The second-order valence-electron chi connectivity index (χ2n) is 8.59. The van der Waals surface area contributed by atoms with Gasteiger partial charge in [-0.1, -0.05) is 30.3 Å². The van der Waals surface area contributed by atoms with Gasteiger partial charge in [0.1, 0.15) is 18.1 Å². The van der Waals surface area contributed by atoms with Crippen molar-refractivity contribution in [3.63, 3.8) is 0 Å². The summed E-state index contributed by atoms with van der Waals surface area (Å²) in [4.78, 5) is 7.06. The fourth-order valence-corrected chi connectivity index (χ4v) is 4.48. The number of nitrogens with one attached hydrogen (secondary N) is 2. The highest BCUT2D eigenvalue weighted by atomic mass is 16.5. The first-order valence-electron chi connectivity index (χ1n) is 12.2. The van der Waals surface area contributed by atoms with Gasteiger partial charge in [-0.15, -0.1) is 0 Å². The zero-order chi connectivity index (χ0) is 23.9. The van der Waals surface area contributed by atoms with Crippen molar-refractivity contribution < 1.29 is 13.9 Å². The van der Waals surface area contributed by atoms with E-state index in [1.165, 1.54) is 0 Å². The number of hydrogen-bond acceptors (Lipinski definition) is 7. The van der Waals surface area contributed by atoms with E-state index in [2.05, 4.69) is 44.8 Å². The van der Waals surface area contributed by atoms with Crippen LogP contribution < -0.4 is 15.4 Å². The standard InChI is InChI=1S/C28H32N4O3/c1-33-19-20-34-23-9-7-22(8-10-23)27-25(21-5-3-2-4-6-21)26-24(11-12-31-28(26)35-27)30-15-18-32-16-13-29-14-17-32/h2-12,29H,13-20H2,1H3,(H,30,31). The predicted molar refractivity (Wildman–Crippen MR) is 140 cm³/mol. The first kappa shape index (κ1) is 23.4. The van der Waals surface area contributed by atoms with E-state index in [1.54, 1.807) is 7.11 Å². The summed E-state index contributed by atoms with van der Waals surface area (Å²) in [6.45, 7) is 7.22. The maximum atomic E-state index is 6.38. The van der Waals surface area contributed by atoms with Crippen LogP contribution in [0.5, 0.6) is 5.75 Å². The summed E-state index contributed by atoms with van der Waals surface area (Å²) in [5.41, 5.74) is 4.80. The third-order valence-electron chi connectivity index (χ3n) is 6.28. The van der Waals surface area contributed by atoms with Crippen LogP contribution in [-0.4, -0.2) is 69.5 Å². The van der Waals surface area contributed by atoms with Crippen molar-refractivity contribution in [3.8, 4) is 28.2 Å². The number of fused-ring (bicyclic) bond motifs is 1. The number of rotatable bonds is 10. The Kier molecular flexibility index (Phi) is 7.58. The maximum Gasteiger partial charge on any atom is 0.229 e. The largest absolute Gasteiger partial charge is 0.491 e. The van der Waals surface area contributed by atoms with Crippen LogP contribution in [0.4, 0.5) is 5.69 Å². The molecule has 0 atom stereocenters. The van der Waals surface area contributed by atoms with Crippen molar-refractivity contribution in [2.24, 2.45) is 0 Å². The third-order valence-corrected chi connectivity index (χ3v) is 6.28. The van der Waals surface area contributed by atoms with Crippen LogP contribution in [0.15, 0.2) is 71.3 Å². The van der Waals surface area contributed by atoms with Crippen LogP contribution in [0.2, 0.25) is 0 Å². The summed E-state index contributed by atoms with van der Waals surface area (Å²) >= 11 is 0. The Morgan fingerprint density at radius 1 is 0.971 bits per heavy atom. The van der Waals surface area contributed by atoms with Crippen molar-refractivity contribution in [1.82, 2.24) is 15.2 Å². The molecule has 0 radical (unpaired) electrons. The molecule has 1 aliphatic heterocycles. The van der Waals surface area contributed by atoms with E-state index in [0.717, 1.165) is 78.5 Å². The molecule has 3 heterocycles. The molecule has 7 heteroatoms. The fourth-order valence-electron chi connectivity index (χ4n) is 4.48. The van der Waals surface area contributed by atoms with E-state index in [1.807, 2.05) is 42.6 Å². The number of pyridine rings is 1. The lowest BCUT2D eigenvalue weighted by atomic mass is 9.98. The number of piperazine rings is 1. The Morgan fingerprint density at radius 3 is 2.54 bits per heavy atom. The number of benzene rings is 2. The summed E-state index contributed by atoms with van der Waals surface area (Å²) < 4.78 is 17.2. The van der Waals surface area contributed by atoms with Gasteiger partial charge in [-0.25, -0.2) is 4.98 Å². The topological polar surface area (TPSA) is 71.8 Å². The lowest BCUT2D eigenvalue weighted by molar-refractivity contribution is 0.146. The Morgan fingerprint density at radius 2 is 1.77 bits per heavy atom. The van der Waals surface area contributed by atoms with Gasteiger partial charge in [-0.05, 0) is 35.9 Å². The molecule has 182 valence electrons. The van der Waals surface area contributed by atoms with Gasteiger partial charge in [0.2, 0.25) is 5.71 Å². The van der Waals surface area contributed by atoms with E-state index >= 15 is 0 Å². The molecule has 2 N–H and O–H groups in total. The molecular formula is C28H32N4O3. The lowest BCUT2D eigenvalue weighted by Gasteiger charge is -2.27. The van der Waals surface area contributed by atoms with Crippen LogP contribution in [0.1, 0.15) is 0 Å². The predicted octanol–water partition coefficient (Wildman–Crippen LogP) is 4.50. The van der Waals surface area contributed by atoms with E-state index in [9.17, 15) is 0 Å². The van der Waals surface area contributed by atoms with Crippen LogP contribution in [0.25, 0.3) is 33.6 Å². The number of aromatic nitrogens is 1. The smallest absolute Gasteiger partial charge is 0.229 e. The summed E-state index contributed by atoms with van der Waals surface area (Å²) in [6, 6.07) is 20.4. The first-order chi connectivity index (χ1) is 17.3. The van der Waals surface area contributed by atoms with Crippen molar-refractivity contribution in [1.29, 1.82) is 0 Å². The molecule has 2 aromatic heterocycles. The van der Waals surface area contributed by atoms with Crippen LogP contribution in [0.3, 0.4) is 0 Å². The normalized spacial score (nSPS) is 14.3. The molecular weight excluding hydrogens is 440 g/mol. The molecule has 1 fully saturated rings. The third kappa shape index (κ3) is 5.48. The number of furan rings is 1. The van der Waals surface area contributed by atoms with Crippen LogP contribution >= 0.6 is 0 Å². The molecule has 0 unspecified atom stereocenters. The van der Waals surface area contributed by atoms with E-state index in [0.29, 0.717) is 18.9 Å². The average molecular weight is 473 g/mol. The van der Waals surface area contributed by atoms with E-state index in [-0.39, 0.29) is 0 Å². The molecule has 35 heavy (non-hydrogen) atoms. The molecule has 0 aliphatic carbocycles. The zero-order valence-corrected chi connectivity index (χ0v) is 20.1. The minimum Gasteiger partial charge on any atom is -0.491 e. The maximum absolute atomic E-state index is 6.38. The summed E-state index contributed by atoms with van der Waals surface area (Å²) in [6.07, 6.45) is 1.81. The summed E-state index contributed by atoms with van der Waals surface area (Å²) in [5.74, 6) is 1.61. The highest BCUT2D eigenvalue weighted by molar-refractivity contribution is 6.06. The van der Waals surface area contributed by atoms with Crippen molar-refractivity contribution in [2.45, 2.75) is 0 Å². The number of anilines is 1. The minimum absolute atomic E-state index is 0.517. The monoisotopic (exact) mass is 472 g/mol. The number of nitrogens with zero attached hydrogens (tertiary/aromatic N) is 2. The molecule has 0 bridgehead atoms. The van der Waals surface area contributed by atoms with Gasteiger partial charge >= 0.3 is 0 Å². The van der Waals surface area contributed by atoms with Crippen molar-refractivity contribution >= 4 is 16.8 Å². The molecule has 4 aromatic rings. The second-order valence-corrected chi connectivity index (χ2v) is 8.59. The van der Waals surface area contributed by atoms with Gasteiger partial charge in [0.25, 0.3) is 0 Å². The highest BCUT2D eigenvalue weighted by Gasteiger charge is 2.21. The van der Waals surface area contributed by atoms with Gasteiger partial charge in [-0.3, -0.25) is 4.90 Å². The van der Waals surface area contributed by atoms with Crippen LogP contribution in [-0.2, 0) is 4.74 Å². The quantitative estimate of drug-likeness (QED) is 0.329. The Bertz CT molecular complexity index is 1220.